The van der Waals surface area contributed by atoms with Gasteiger partial charge in [-0.05, 0) is 42.8 Å². The molecule has 3 aromatic carbocycles. The highest BCUT2D eigenvalue weighted by atomic mass is 16.5. The first-order valence-corrected chi connectivity index (χ1v) is 9.69. The Labute approximate surface area is 176 Å². The first-order valence-electron chi connectivity index (χ1n) is 9.69. The van der Waals surface area contributed by atoms with Gasteiger partial charge in [0, 0.05) is 11.3 Å². The average Bonchev–Trinajstić information content (AvgIpc) is 2.79. The third-order valence-electron chi connectivity index (χ3n) is 4.61. The molecule has 3 N–H and O–H groups in total. The molecular weight excluding hydrogens is 378 g/mol. The minimum absolute atomic E-state index is 0.0591. The van der Waals surface area contributed by atoms with Crippen LogP contribution in [-0.4, -0.2) is 25.5 Å². The van der Waals surface area contributed by atoms with E-state index in [4.69, 9.17) is 4.74 Å². The van der Waals surface area contributed by atoms with Crippen molar-refractivity contribution >= 4 is 23.2 Å². The number of nitrogens with one attached hydrogen (secondary N) is 3. The van der Waals surface area contributed by atoms with Crippen LogP contribution in [0.2, 0.25) is 0 Å². The van der Waals surface area contributed by atoms with Gasteiger partial charge in [-0.2, -0.15) is 0 Å². The Morgan fingerprint density at radius 2 is 1.67 bits per heavy atom. The quantitative estimate of drug-likeness (QED) is 0.526. The smallest absolute Gasteiger partial charge is 0.251 e. The van der Waals surface area contributed by atoms with Crippen molar-refractivity contribution in [1.29, 1.82) is 0 Å². The van der Waals surface area contributed by atoms with E-state index in [0.29, 0.717) is 22.7 Å². The molecule has 0 saturated carbocycles. The van der Waals surface area contributed by atoms with Crippen LogP contribution >= 0.6 is 0 Å². The molecule has 6 heteroatoms. The molecule has 0 aliphatic rings. The highest BCUT2D eigenvalue weighted by molar-refractivity contribution is 5.96. The Morgan fingerprint density at radius 1 is 0.933 bits per heavy atom. The van der Waals surface area contributed by atoms with Crippen LogP contribution in [0.5, 0.6) is 5.75 Å². The fourth-order valence-corrected chi connectivity index (χ4v) is 3.00. The van der Waals surface area contributed by atoms with Crippen LogP contribution in [0.1, 0.15) is 28.9 Å². The van der Waals surface area contributed by atoms with E-state index < -0.39 is 0 Å². The van der Waals surface area contributed by atoms with Crippen molar-refractivity contribution in [3.63, 3.8) is 0 Å². The molecule has 6 nitrogen and oxygen atoms in total. The first-order chi connectivity index (χ1) is 14.6. The van der Waals surface area contributed by atoms with Crippen LogP contribution in [0.3, 0.4) is 0 Å². The van der Waals surface area contributed by atoms with Gasteiger partial charge in [0.25, 0.3) is 5.91 Å². The number of hydrogen-bond acceptors (Lipinski definition) is 4. The zero-order chi connectivity index (χ0) is 21.3. The topological polar surface area (TPSA) is 79.5 Å². The molecule has 2 amide bonds. The summed E-state index contributed by atoms with van der Waals surface area (Å²) in [5.74, 6) is 0.206. The van der Waals surface area contributed by atoms with Gasteiger partial charge >= 0.3 is 0 Å². The number of rotatable bonds is 8. The summed E-state index contributed by atoms with van der Waals surface area (Å²) < 4.78 is 5.24. The highest BCUT2D eigenvalue weighted by Gasteiger charge is 2.12. The molecule has 1 atom stereocenters. The van der Waals surface area contributed by atoms with Crippen LogP contribution in [-0.2, 0) is 4.79 Å². The van der Waals surface area contributed by atoms with Gasteiger partial charge in [0.15, 0.2) is 0 Å². The molecule has 3 aromatic rings. The molecule has 0 spiro atoms. The number of ether oxygens (including phenoxy) is 1. The van der Waals surface area contributed by atoms with Crippen molar-refractivity contribution in [2.45, 2.75) is 13.0 Å². The molecule has 0 aliphatic heterocycles. The maximum atomic E-state index is 12.6. The van der Waals surface area contributed by atoms with Crippen molar-refractivity contribution in [3.05, 3.63) is 90.0 Å². The summed E-state index contributed by atoms with van der Waals surface area (Å²) in [5.41, 5.74) is 2.85. The number of carbonyl (C=O) groups excluding carboxylic acids is 2. The number of para-hydroxylation sites is 2. The summed E-state index contributed by atoms with van der Waals surface area (Å²) in [7, 11) is 1.55. The molecule has 0 saturated heterocycles. The Morgan fingerprint density at radius 3 is 2.43 bits per heavy atom. The molecule has 0 fully saturated rings. The van der Waals surface area contributed by atoms with E-state index in [1.165, 1.54) is 0 Å². The Hall–Kier alpha value is -3.80. The zero-order valence-electron chi connectivity index (χ0n) is 17.0. The number of carbonyl (C=O) groups is 2. The number of hydrogen-bond donors (Lipinski definition) is 3. The number of methoxy groups -OCH3 is 1. The number of benzene rings is 3. The molecule has 0 heterocycles. The lowest BCUT2D eigenvalue weighted by molar-refractivity contribution is -0.114. The van der Waals surface area contributed by atoms with Crippen LogP contribution in [0, 0.1) is 0 Å². The van der Waals surface area contributed by atoms with E-state index in [1.54, 1.807) is 37.4 Å². The highest BCUT2D eigenvalue weighted by Crippen LogP contribution is 2.23. The van der Waals surface area contributed by atoms with Crippen LogP contribution in [0.4, 0.5) is 11.4 Å². The van der Waals surface area contributed by atoms with Crippen LogP contribution < -0.4 is 20.7 Å². The molecule has 3 rings (SSSR count). The van der Waals surface area contributed by atoms with Gasteiger partial charge in [0.1, 0.15) is 5.75 Å². The molecular formula is C24H25N3O3. The molecule has 30 heavy (non-hydrogen) atoms. The largest absolute Gasteiger partial charge is 0.495 e. The fourth-order valence-electron chi connectivity index (χ4n) is 3.00. The predicted octanol–water partition coefficient (Wildman–Crippen LogP) is 4.24. The van der Waals surface area contributed by atoms with E-state index in [9.17, 15) is 9.59 Å². The average molecular weight is 403 g/mol. The van der Waals surface area contributed by atoms with Crippen molar-refractivity contribution in [2.75, 3.05) is 24.3 Å². The summed E-state index contributed by atoms with van der Waals surface area (Å²) in [6, 6.07) is 23.9. The van der Waals surface area contributed by atoms with E-state index in [1.807, 2.05) is 55.5 Å². The van der Waals surface area contributed by atoms with Crippen molar-refractivity contribution in [2.24, 2.45) is 0 Å². The third kappa shape index (κ3) is 5.61. The van der Waals surface area contributed by atoms with Gasteiger partial charge in [-0.15, -0.1) is 0 Å². The normalized spacial score (nSPS) is 11.3. The maximum Gasteiger partial charge on any atom is 0.251 e. The predicted molar refractivity (Wildman–Crippen MR) is 119 cm³/mol. The van der Waals surface area contributed by atoms with Crippen molar-refractivity contribution in [3.8, 4) is 5.75 Å². The second-order valence-electron chi connectivity index (χ2n) is 6.79. The standard InChI is InChI=1S/C24H25N3O3/c1-17(18-9-4-3-5-10-18)26-24(29)19-11-8-12-20(15-19)25-16-23(28)27-21-13-6-7-14-22(21)30-2/h3-15,17,25H,16H2,1-2H3,(H,26,29)(H,27,28). The van der Waals surface area contributed by atoms with E-state index in [2.05, 4.69) is 16.0 Å². The summed E-state index contributed by atoms with van der Waals surface area (Å²) in [6.45, 7) is 2.00. The fraction of sp³-hybridized carbons (Fsp3) is 0.167. The lowest BCUT2D eigenvalue weighted by Crippen LogP contribution is -2.26. The number of amides is 2. The molecule has 0 bridgehead atoms. The Bertz CT molecular complexity index is 1010. The monoisotopic (exact) mass is 403 g/mol. The SMILES string of the molecule is COc1ccccc1NC(=O)CNc1cccc(C(=O)NC(C)c2ccccc2)c1. The first kappa shape index (κ1) is 20.9. The number of anilines is 2. The summed E-state index contributed by atoms with van der Waals surface area (Å²) in [5, 5.41) is 8.85. The lowest BCUT2D eigenvalue weighted by Gasteiger charge is -2.15. The summed E-state index contributed by atoms with van der Waals surface area (Å²) >= 11 is 0. The van der Waals surface area contributed by atoms with Gasteiger partial charge in [-0.1, -0.05) is 48.5 Å². The zero-order valence-corrected chi connectivity index (χ0v) is 17.0. The molecule has 1 unspecified atom stereocenters. The maximum absolute atomic E-state index is 12.6. The molecule has 0 radical (unpaired) electrons. The van der Waals surface area contributed by atoms with Gasteiger partial charge in [-0.25, -0.2) is 0 Å². The van der Waals surface area contributed by atoms with Gasteiger partial charge in [0.2, 0.25) is 5.91 Å². The van der Waals surface area contributed by atoms with Crippen molar-refractivity contribution < 1.29 is 14.3 Å². The summed E-state index contributed by atoms with van der Waals surface area (Å²) in [6.07, 6.45) is 0. The minimum Gasteiger partial charge on any atom is -0.495 e. The van der Waals surface area contributed by atoms with E-state index >= 15 is 0 Å². The Balaban J connectivity index is 1.57. The molecule has 154 valence electrons. The van der Waals surface area contributed by atoms with Gasteiger partial charge in [0.05, 0.1) is 25.4 Å². The van der Waals surface area contributed by atoms with E-state index in [0.717, 1.165) is 5.56 Å². The van der Waals surface area contributed by atoms with Gasteiger partial charge in [-0.3, -0.25) is 9.59 Å². The second-order valence-corrected chi connectivity index (χ2v) is 6.79. The van der Waals surface area contributed by atoms with Gasteiger partial charge < -0.3 is 20.7 Å². The van der Waals surface area contributed by atoms with E-state index in [-0.39, 0.29) is 24.4 Å². The van der Waals surface area contributed by atoms with Crippen LogP contribution in [0.25, 0.3) is 0 Å². The molecule has 0 aliphatic carbocycles. The Kier molecular flexibility index (Phi) is 7.05. The van der Waals surface area contributed by atoms with Crippen molar-refractivity contribution in [1.82, 2.24) is 5.32 Å². The third-order valence-corrected chi connectivity index (χ3v) is 4.61. The van der Waals surface area contributed by atoms with Crippen LogP contribution in [0.15, 0.2) is 78.9 Å². The summed E-state index contributed by atoms with van der Waals surface area (Å²) in [4.78, 5) is 24.9. The minimum atomic E-state index is -0.216. The second kappa shape index (κ2) is 10.1. The lowest BCUT2D eigenvalue weighted by atomic mass is 10.1. The molecule has 0 aromatic heterocycles.